The van der Waals surface area contributed by atoms with Crippen molar-refractivity contribution in [1.82, 2.24) is 20.1 Å². The topological polar surface area (TPSA) is 78.3 Å². The van der Waals surface area contributed by atoms with E-state index in [2.05, 4.69) is 15.5 Å². The fraction of sp³-hybridized carbons (Fsp3) is 0.348. The van der Waals surface area contributed by atoms with E-state index in [0.717, 1.165) is 18.6 Å². The minimum Gasteiger partial charge on any atom is -0.497 e. The molecule has 3 aromatic rings. The van der Waals surface area contributed by atoms with Crippen molar-refractivity contribution in [2.24, 2.45) is 0 Å². The van der Waals surface area contributed by atoms with Gasteiger partial charge >= 0.3 is 6.18 Å². The highest BCUT2D eigenvalue weighted by Crippen LogP contribution is 2.32. The van der Waals surface area contributed by atoms with Crippen LogP contribution in [0.2, 0.25) is 0 Å². The van der Waals surface area contributed by atoms with Gasteiger partial charge in [-0.3, -0.25) is 9.36 Å². The maximum Gasteiger partial charge on any atom is 0.416 e. The summed E-state index contributed by atoms with van der Waals surface area (Å²) in [7, 11) is 1.55. The first kappa shape index (κ1) is 24.1. The molecule has 11 heteroatoms. The third kappa shape index (κ3) is 5.71. The first-order valence-electron chi connectivity index (χ1n) is 10.6. The van der Waals surface area contributed by atoms with E-state index < -0.39 is 17.8 Å². The second-order valence-corrected chi connectivity index (χ2v) is 8.58. The van der Waals surface area contributed by atoms with Gasteiger partial charge in [0.1, 0.15) is 11.9 Å². The van der Waals surface area contributed by atoms with Crippen LogP contribution in [0.1, 0.15) is 29.8 Å². The van der Waals surface area contributed by atoms with Gasteiger partial charge in [-0.05, 0) is 36.6 Å². The molecule has 0 spiro atoms. The van der Waals surface area contributed by atoms with Crippen molar-refractivity contribution in [3.05, 3.63) is 65.5 Å². The molecule has 1 aliphatic rings. The lowest BCUT2D eigenvalue weighted by Crippen LogP contribution is -2.34. The van der Waals surface area contributed by atoms with E-state index in [1.807, 2.05) is 12.1 Å². The number of ether oxygens (including phenoxy) is 2. The molecule has 0 unspecified atom stereocenters. The number of carbonyl (C=O) groups excluding carboxylic acids is 1. The van der Waals surface area contributed by atoms with Crippen LogP contribution in [0.3, 0.4) is 0 Å². The largest absolute Gasteiger partial charge is 0.497 e. The zero-order valence-electron chi connectivity index (χ0n) is 18.3. The second-order valence-electron chi connectivity index (χ2n) is 7.64. The number of hydrogen-bond donors (Lipinski definition) is 1. The zero-order chi connectivity index (χ0) is 24.1. The minimum absolute atomic E-state index is 0.118. The van der Waals surface area contributed by atoms with E-state index in [-0.39, 0.29) is 18.2 Å². The van der Waals surface area contributed by atoms with E-state index in [9.17, 15) is 18.0 Å². The number of nitrogens with zero attached hydrogens (tertiary/aromatic N) is 3. The van der Waals surface area contributed by atoms with Gasteiger partial charge in [0.2, 0.25) is 5.91 Å². The quantitative estimate of drug-likeness (QED) is 0.470. The van der Waals surface area contributed by atoms with E-state index in [1.54, 1.807) is 29.9 Å². The Morgan fingerprint density at radius 3 is 2.79 bits per heavy atom. The van der Waals surface area contributed by atoms with Crippen molar-refractivity contribution in [3.63, 3.8) is 0 Å². The molecule has 1 aliphatic heterocycles. The number of carbonyl (C=O) groups is 1. The van der Waals surface area contributed by atoms with Gasteiger partial charge in [-0.15, -0.1) is 10.2 Å². The third-order valence-corrected chi connectivity index (χ3v) is 6.28. The Morgan fingerprint density at radius 1 is 1.24 bits per heavy atom. The van der Waals surface area contributed by atoms with Crippen LogP contribution in [0.15, 0.2) is 53.7 Å². The van der Waals surface area contributed by atoms with Gasteiger partial charge in [0.05, 0.1) is 24.9 Å². The summed E-state index contributed by atoms with van der Waals surface area (Å²) in [4.78, 5) is 12.4. The summed E-state index contributed by atoms with van der Waals surface area (Å²) in [5.41, 5.74) is 0.517. The molecular formula is C23H23F3N4O3S. The van der Waals surface area contributed by atoms with Crippen LogP contribution < -0.4 is 10.1 Å². The third-order valence-electron chi connectivity index (χ3n) is 5.28. The van der Waals surface area contributed by atoms with Crippen molar-refractivity contribution < 1.29 is 27.4 Å². The zero-order valence-corrected chi connectivity index (χ0v) is 19.2. The van der Waals surface area contributed by atoms with Crippen LogP contribution in [-0.2, 0) is 28.0 Å². The van der Waals surface area contributed by atoms with Crippen LogP contribution in [-0.4, -0.2) is 40.5 Å². The SMILES string of the molecule is COc1cccc(-n2c(CNC(=O)[C@@H]3CCCO3)nnc2SCc2cccc(C(F)(F)F)c2)c1. The molecule has 1 atom stereocenters. The Morgan fingerprint density at radius 2 is 2.06 bits per heavy atom. The average Bonchev–Trinajstić information content (AvgIpc) is 3.51. The summed E-state index contributed by atoms with van der Waals surface area (Å²) < 4.78 is 51.7. The first-order valence-corrected chi connectivity index (χ1v) is 11.6. The van der Waals surface area contributed by atoms with Crippen LogP contribution in [0.25, 0.3) is 5.69 Å². The second kappa shape index (κ2) is 10.5. The normalized spacial score (nSPS) is 15.9. The molecule has 1 N–H and O–H groups in total. The van der Waals surface area contributed by atoms with Crippen LogP contribution in [0.4, 0.5) is 13.2 Å². The summed E-state index contributed by atoms with van der Waals surface area (Å²) in [5, 5.41) is 11.8. The molecule has 1 aromatic heterocycles. The Labute approximate surface area is 198 Å². The number of alkyl halides is 3. The van der Waals surface area contributed by atoms with Gasteiger partial charge in [-0.2, -0.15) is 13.2 Å². The van der Waals surface area contributed by atoms with E-state index in [0.29, 0.717) is 41.0 Å². The smallest absolute Gasteiger partial charge is 0.416 e. The highest BCUT2D eigenvalue weighted by molar-refractivity contribution is 7.98. The van der Waals surface area contributed by atoms with E-state index in [4.69, 9.17) is 9.47 Å². The molecule has 2 heterocycles. The molecular weight excluding hydrogens is 469 g/mol. The van der Waals surface area contributed by atoms with Crippen molar-refractivity contribution in [2.45, 2.75) is 42.6 Å². The molecule has 0 saturated carbocycles. The number of methoxy groups -OCH3 is 1. The molecule has 4 rings (SSSR count). The average molecular weight is 493 g/mol. The lowest BCUT2D eigenvalue weighted by Gasteiger charge is -2.13. The predicted molar refractivity (Wildman–Crippen MR) is 120 cm³/mol. The molecule has 180 valence electrons. The highest BCUT2D eigenvalue weighted by Gasteiger charge is 2.30. The Bertz CT molecular complexity index is 1150. The molecule has 0 radical (unpaired) electrons. The standard InChI is InChI=1S/C23H23F3N4O3S/c1-32-18-8-3-7-17(12-18)30-20(13-27-21(31)19-9-4-10-33-19)28-29-22(30)34-14-15-5-2-6-16(11-15)23(24,25)26/h2-3,5-8,11-12,19H,4,9-10,13-14H2,1H3,(H,27,31)/t19-/m0/s1. The summed E-state index contributed by atoms with van der Waals surface area (Å²) in [5.74, 6) is 1.14. The van der Waals surface area contributed by atoms with Crippen molar-refractivity contribution >= 4 is 17.7 Å². The van der Waals surface area contributed by atoms with Crippen molar-refractivity contribution in [2.75, 3.05) is 13.7 Å². The Balaban J connectivity index is 1.57. The van der Waals surface area contributed by atoms with Crippen molar-refractivity contribution in [1.29, 1.82) is 0 Å². The molecule has 1 saturated heterocycles. The molecule has 1 fully saturated rings. The van der Waals surface area contributed by atoms with Gasteiger partial charge in [-0.1, -0.05) is 36.0 Å². The monoisotopic (exact) mass is 492 g/mol. The number of rotatable bonds is 8. The molecule has 2 aromatic carbocycles. The Kier molecular flexibility index (Phi) is 7.42. The lowest BCUT2D eigenvalue weighted by atomic mass is 10.1. The van der Waals surface area contributed by atoms with Gasteiger partial charge in [0.15, 0.2) is 11.0 Å². The van der Waals surface area contributed by atoms with Gasteiger partial charge in [0, 0.05) is 18.4 Å². The number of nitrogens with one attached hydrogen (secondary N) is 1. The van der Waals surface area contributed by atoms with E-state index >= 15 is 0 Å². The number of amides is 1. The maximum atomic E-state index is 13.1. The fourth-order valence-corrected chi connectivity index (χ4v) is 4.48. The summed E-state index contributed by atoms with van der Waals surface area (Å²) >= 11 is 1.25. The van der Waals surface area contributed by atoms with Crippen LogP contribution in [0.5, 0.6) is 5.75 Å². The number of thioether (sulfide) groups is 1. The van der Waals surface area contributed by atoms with Gasteiger partial charge in [0.25, 0.3) is 0 Å². The maximum absolute atomic E-state index is 13.1. The number of benzene rings is 2. The molecule has 1 amide bonds. The summed E-state index contributed by atoms with van der Waals surface area (Å²) in [6.07, 6.45) is -3.36. The summed E-state index contributed by atoms with van der Waals surface area (Å²) in [6.45, 7) is 0.682. The van der Waals surface area contributed by atoms with Gasteiger partial charge < -0.3 is 14.8 Å². The predicted octanol–water partition coefficient (Wildman–Crippen LogP) is 4.38. The molecule has 0 bridgehead atoms. The Hall–Kier alpha value is -3.05. The number of halogens is 3. The summed E-state index contributed by atoms with van der Waals surface area (Å²) in [6, 6.07) is 12.4. The highest BCUT2D eigenvalue weighted by atomic mass is 32.2. The fourth-order valence-electron chi connectivity index (χ4n) is 3.57. The van der Waals surface area contributed by atoms with Crippen LogP contribution in [0, 0.1) is 0 Å². The molecule has 0 aliphatic carbocycles. The van der Waals surface area contributed by atoms with E-state index in [1.165, 1.54) is 17.8 Å². The number of hydrogen-bond acceptors (Lipinski definition) is 6. The van der Waals surface area contributed by atoms with Gasteiger partial charge in [-0.25, -0.2) is 0 Å². The minimum atomic E-state index is -4.41. The molecule has 7 nitrogen and oxygen atoms in total. The van der Waals surface area contributed by atoms with Crippen LogP contribution >= 0.6 is 11.8 Å². The van der Waals surface area contributed by atoms with Crippen molar-refractivity contribution in [3.8, 4) is 11.4 Å². The molecule has 34 heavy (non-hydrogen) atoms. The number of aromatic nitrogens is 3. The lowest BCUT2D eigenvalue weighted by molar-refractivity contribution is -0.137. The first-order chi connectivity index (χ1) is 16.3.